The maximum absolute atomic E-state index is 12.9. The number of nitrogens with zero attached hydrogens (tertiary/aromatic N) is 1. The molecule has 0 unspecified atom stereocenters. The molecule has 0 saturated heterocycles. The van der Waals surface area contributed by atoms with Gasteiger partial charge in [-0.05, 0) is 55.8 Å². The highest BCUT2D eigenvalue weighted by atomic mass is 79.9. The van der Waals surface area contributed by atoms with Gasteiger partial charge in [0.05, 0.1) is 7.11 Å². The zero-order chi connectivity index (χ0) is 20.5. The fourth-order valence-corrected chi connectivity index (χ4v) is 2.90. The van der Waals surface area contributed by atoms with Crippen LogP contribution in [0.15, 0.2) is 53.0 Å². The summed E-state index contributed by atoms with van der Waals surface area (Å²) in [6.07, 6.45) is 0. The van der Waals surface area contributed by atoms with E-state index >= 15 is 0 Å². The van der Waals surface area contributed by atoms with Crippen molar-refractivity contribution in [1.82, 2.24) is 10.2 Å². The summed E-state index contributed by atoms with van der Waals surface area (Å²) >= 11 is 3.36. The molecule has 0 heterocycles. The largest absolute Gasteiger partial charge is 0.497 e. The molecule has 0 fully saturated rings. The van der Waals surface area contributed by atoms with Crippen molar-refractivity contribution in [3.05, 3.63) is 58.6 Å². The topological polar surface area (TPSA) is 67.9 Å². The third-order valence-corrected chi connectivity index (χ3v) is 4.71. The number of carbonyl (C=O) groups excluding carboxylic acids is 2. The summed E-state index contributed by atoms with van der Waals surface area (Å²) in [7, 11) is 1.59. The van der Waals surface area contributed by atoms with Gasteiger partial charge in [0.2, 0.25) is 5.91 Å². The average Bonchev–Trinajstić information content (AvgIpc) is 2.71. The van der Waals surface area contributed by atoms with Gasteiger partial charge in [0.15, 0.2) is 6.61 Å². The molecule has 1 N–H and O–H groups in total. The molecular formula is C21H25BrN2O4. The smallest absolute Gasteiger partial charge is 0.261 e. The Kier molecular flexibility index (Phi) is 8.32. The summed E-state index contributed by atoms with van der Waals surface area (Å²) in [6.45, 7) is 4.17. The SMILES string of the molecule is CCNC(=O)[C@@H](C)N(Cc1cccc(OC)c1)C(=O)COc1ccc(Br)cc1. The summed E-state index contributed by atoms with van der Waals surface area (Å²) < 4.78 is 11.8. The Balaban J connectivity index is 2.14. The van der Waals surface area contributed by atoms with Crippen LogP contribution in [0.25, 0.3) is 0 Å². The quantitative estimate of drug-likeness (QED) is 0.638. The molecule has 0 radical (unpaired) electrons. The van der Waals surface area contributed by atoms with Crippen molar-refractivity contribution in [1.29, 1.82) is 0 Å². The van der Waals surface area contributed by atoms with Crippen molar-refractivity contribution < 1.29 is 19.1 Å². The van der Waals surface area contributed by atoms with Crippen LogP contribution in [0.3, 0.4) is 0 Å². The van der Waals surface area contributed by atoms with Crippen LogP contribution in [0, 0.1) is 0 Å². The number of benzene rings is 2. The highest BCUT2D eigenvalue weighted by Crippen LogP contribution is 2.18. The molecule has 0 saturated carbocycles. The predicted molar refractivity (Wildman–Crippen MR) is 111 cm³/mol. The number of amides is 2. The molecule has 1 atom stereocenters. The third-order valence-electron chi connectivity index (χ3n) is 4.18. The molecule has 0 bridgehead atoms. The second kappa shape index (κ2) is 10.7. The predicted octanol–water partition coefficient (Wildman–Crippen LogP) is 3.39. The lowest BCUT2D eigenvalue weighted by atomic mass is 10.1. The Morgan fingerprint density at radius 2 is 1.86 bits per heavy atom. The first kappa shape index (κ1) is 21.8. The summed E-state index contributed by atoms with van der Waals surface area (Å²) in [5, 5.41) is 2.77. The Hall–Kier alpha value is -2.54. The summed E-state index contributed by atoms with van der Waals surface area (Å²) in [6, 6.07) is 14.0. The van der Waals surface area contributed by atoms with Crippen LogP contribution in [0.1, 0.15) is 19.4 Å². The van der Waals surface area contributed by atoms with E-state index in [1.807, 2.05) is 43.3 Å². The van der Waals surface area contributed by atoms with E-state index in [9.17, 15) is 9.59 Å². The molecule has 0 aliphatic rings. The molecular weight excluding hydrogens is 424 g/mol. The molecule has 6 nitrogen and oxygen atoms in total. The average molecular weight is 449 g/mol. The van der Waals surface area contributed by atoms with Crippen LogP contribution in [0.5, 0.6) is 11.5 Å². The molecule has 0 aliphatic carbocycles. The standard InChI is InChI=1S/C21H25BrN2O4/c1-4-23-21(26)15(2)24(13-16-6-5-7-19(12-16)27-3)20(25)14-28-18-10-8-17(22)9-11-18/h5-12,15H,4,13-14H2,1-3H3,(H,23,26)/t15-/m1/s1. The number of hydrogen-bond acceptors (Lipinski definition) is 4. The highest BCUT2D eigenvalue weighted by Gasteiger charge is 2.26. The van der Waals surface area contributed by atoms with Crippen molar-refractivity contribution in [2.75, 3.05) is 20.3 Å². The number of rotatable bonds is 9. The van der Waals surface area contributed by atoms with E-state index in [-0.39, 0.29) is 25.0 Å². The van der Waals surface area contributed by atoms with Gasteiger partial charge in [-0.3, -0.25) is 9.59 Å². The van der Waals surface area contributed by atoms with E-state index < -0.39 is 6.04 Å². The summed E-state index contributed by atoms with van der Waals surface area (Å²) in [4.78, 5) is 26.7. The maximum atomic E-state index is 12.9. The molecule has 2 rings (SSSR count). The molecule has 7 heteroatoms. The van der Waals surface area contributed by atoms with Gasteiger partial charge >= 0.3 is 0 Å². The second-order valence-corrected chi connectivity index (χ2v) is 7.10. The third kappa shape index (κ3) is 6.27. The number of hydrogen-bond donors (Lipinski definition) is 1. The first-order valence-electron chi connectivity index (χ1n) is 9.03. The first-order chi connectivity index (χ1) is 13.4. The van der Waals surface area contributed by atoms with Gasteiger partial charge in [-0.1, -0.05) is 28.1 Å². The van der Waals surface area contributed by atoms with E-state index in [2.05, 4.69) is 21.2 Å². The monoisotopic (exact) mass is 448 g/mol. The number of methoxy groups -OCH3 is 1. The van der Waals surface area contributed by atoms with Crippen LogP contribution >= 0.6 is 15.9 Å². The molecule has 150 valence electrons. The lowest BCUT2D eigenvalue weighted by Gasteiger charge is -2.28. The first-order valence-corrected chi connectivity index (χ1v) is 9.82. The van der Waals surface area contributed by atoms with Gasteiger partial charge < -0.3 is 19.7 Å². The molecule has 0 aromatic heterocycles. The maximum Gasteiger partial charge on any atom is 0.261 e. The molecule has 28 heavy (non-hydrogen) atoms. The van der Waals surface area contributed by atoms with Gasteiger partial charge in [0.25, 0.3) is 5.91 Å². The fraction of sp³-hybridized carbons (Fsp3) is 0.333. The van der Waals surface area contributed by atoms with Crippen molar-refractivity contribution >= 4 is 27.7 Å². The highest BCUT2D eigenvalue weighted by molar-refractivity contribution is 9.10. The zero-order valence-corrected chi connectivity index (χ0v) is 17.9. The lowest BCUT2D eigenvalue weighted by molar-refractivity contribution is -0.142. The Labute approximate surface area is 174 Å². The Bertz CT molecular complexity index is 795. The summed E-state index contributed by atoms with van der Waals surface area (Å²) in [5.74, 6) is 0.803. The second-order valence-electron chi connectivity index (χ2n) is 6.19. The molecule has 0 aliphatic heterocycles. The van der Waals surface area contributed by atoms with Crippen molar-refractivity contribution in [2.45, 2.75) is 26.4 Å². The van der Waals surface area contributed by atoms with Crippen LogP contribution < -0.4 is 14.8 Å². The van der Waals surface area contributed by atoms with Gasteiger partial charge in [-0.2, -0.15) is 0 Å². The van der Waals surface area contributed by atoms with Gasteiger partial charge in [0, 0.05) is 17.6 Å². The van der Waals surface area contributed by atoms with Crippen LogP contribution in [0.4, 0.5) is 0 Å². The molecule has 2 aromatic carbocycles. The minimum absolute atomic E-state index is 0.157. The van der Waals surface area contributed by atoms with Crippen molar-refractivity contribution in [2.24, 2.45) is 0 Å². The number of nitrogens with one attached hydrogen (secondary N) is 1. The van der Waals surface area contributed by atoms with E-state index in [1.165, 1.54) is 4.90 Å². The Morgan fingerprint density at radius 1 is 1.14 bits per heavy atom. The molecule has 2 aromatic rings. The summed E-state index contributed by atoms with van der Waals surface area (Å²) in [5.41, 5.74) is 0.868. The van der Waals surface area contributed by atoms with E-state index in [0.717, 1.165) is 10.0 Å². The van der Waals surface area contributed by atoms with E-state index in [4.69, 9.17) is 9.47 Å². The van der Waals surface area contributed by atoms with E-state index in [1.54, 1.807) is 26.2 Å². The van der Waals surface area contributed by atoms with Gasteiger partial charge in [-0.25, -0.2) is 0 Å². The van der Waals surface area contributed by atoms with Crippen molar-refractivity contribution in [3.8, 4) is 11.5 Å². The minimum atomic E-state index is -0.632. The molecule has 2 amide bonds. The lowest BCUT2D eigenvalue weighted by Crippen LogP contribution is -2.49. The van der Waals surface area contributed by atoms with Gasteiger partial charge in [-0.15, -0.1) is 0 Å². The number of ether oxygens (including phenoxy) is 2. The van der Waals surface area contributed by atoms with E-state index in [0.29, 0.717) is 18.0 Å². The Morgan fingerprint density at radius 3 is 2.50 bits per heavy atom. The van der Waals surface area contributed by atoms with Crippen LogP contribution in [-0.4, -0.2) is 43.0 Å². The number of likely N-dealkylation sites (N-methyl/N-ethyl adjacent to an activating group) is 1. The van der Waals surface area contributed by atoms with Crippen LogP contribution in [-0.2, 0) is 16.1 Å². The fourth-order valence-electron chi connectivity index (χ4n) is 2.63. The minimum Gasteiger partial charge on any atom is -0.497 e. The number of halogens is 1. The number of carbonyl (C=O) groups is 2. The normalized spacial score (nSPS) is 11.4. The zero-order valence-electron chi connectivity index (χ0n) is 16.3. The van der Waals surface area contributed by atoms with Gasteiger partial charge in [0.1, 0.15) is 17.5 Å². The molecule has 0 spiro atoms. The van der Waals surface area contributed by atoms with Crippen LogP contribution in [0.2, 0.25) is 0 Å². The van der Waals surface area contributed by atoms with Crippen molar-refractivity contribution in [3.63, 3.8) is 0 Å².